The maximum absolute atomic E-state index is 9.85. The highest BCUT2D eigenvalue weighted by atomic mass is 35.5. The van der Waals surface area contributed by atoms with E-state index in [4.69, 9.17) is 34.7 Å². The molecule has 4 N–H and O–H groups in total. The SMILES string of the molecule is Cc1cc(N)c(Cl)cc1-c1ccc(N)c(Cl)c1.O=Nc1ccc(N=O)cc1. The van der Waals surface area contributed by atoms with Gasteiger partial charge in [0.25, 0.3) is 0 Å². The van der Waals surface area contributed by atoms with Crippen molar-refractivity contribution in [3.8, 4) is 11.1 Å². The third-order valence-electron chi connectivity index (χ3n) is 3.72. The molecule has 0 saturated carbocycles. The Labute approximate surface area is 166 Å². The van der Waals surface area contributed by atoms with Crippen LogP contribution >= 0.6 is 23.2 Å². The standard InChI is InChI=1S/C13H12Cl2N2.C6H4N2O2/c1-7-4-13(17)11(15)6-9(7)8-2-3-12(16)10(14)5-8;9-7-5-1-2-6(8-10)4-3-5/h2-6H,16-17H2,1H3;1-4H. The van der Waals surface area contributed by atoms with Crippen LogP contribution in [0.2, 0.25) is 10.0 Å². The highest BCUT2D eigenvalue weighted by molar-refractivity contribution is 6.34. The first-order chi connectivity index (χ1) is 12.8. The fraction of sp³-hybridized carbons (Fsp3) is 0.0526. The number of nitrogen functional groups attached to an aromatic ring is 2. The van der Waals surface area contributed by atoms with E-state index in [1.54, 1.807) is 6.07 Å². The first-order valence-corrected chi connectivity index (χ1v) is 8.49. The average molecular weight is 403 g/mol. The zero-order valence-electron chi connectivity index (χ0n) is 14.3. The van der Waals surface area contributed by atoms with Crippen molar-refractivity contribution in [2.45, 2.75) is 6.92 Å². The number of rotatable bonds is 3. The maximum Gasteiger partial charge on any atom is 0.108 e. The second-order valence-electron chi connectivity index (χ2n) is 5.62. The van der Waals surface area contributed by atoms with Gasteiger partial charge in [-0.3, -0.25) is 0 Å². The molecule has 3 aromatic rings. The van der Waals surface area contributed by atoms with Gasteiger partial charge in [0.05, 0.1) is 21.4 Å². The molecular weight excluding hydrogens is 387 g/mol. The molecule has 0 bridgehead atoms. The smallest absolute Gasteiger partial charge is 0.108 e. The number of halogens is 2. The Hall–Kier alpha value is -2.96. The van der Waals surface area contributed by atoms with Gasteiger partial charge in [0.1, 0.15) is 11.4 Å². The maximum atomic E-state index is 9.85. The normalized spacial score (nSPS) is 9.89. The Morgan fingerprint density at radius 1 is 0.741 bits per heavy atom. The lowest BCUT2D eigenvalue weighted by atomic mass is 10.00. The Bertz CT molecular complexity index is 949. The van der Waals surface area contributed by atoms with E-state index in [9.17, 15) is 9.81 Å². The predicted octanol–water partition coefficient (Wildman–Crippen LogP) is 6.62. The van der Waals surface area contributed by atoms with Crippen LogP contribution in [0.5, 0.6) is 0 Å². The number of hydrogen-bond acceptors (Lipinski definition) is 6. The molecule has 0 saturated heterocycles. The topological polar surface area (TPSA) is 111 Å². The van der Waals surface area contributed by atoms with Crippen LogP contribution in [-0.4, -0.2) is 0 Å². The van der Waals surface area contributed by atoms with Crippen molar-refractivity contribution < 1.29 is 0 Å². The highest BCUT2D eigenvalue weighted by Crippen LogP contribution is 2.33. The van der Waals surface area contributed by atoms with Gasteiger partial charge in [-0.05, 0) is 82.5 Å². The van der Waals surface area contributed by atoms with E-state index in [-0.39, 0.29) is 0 Å². The summed E-state index contributed by atoms with van der Waals surface area (Å²) in [7, 11) is 0. The van der Waals surface area contributed by atoms with Crippen molar-refractivity contribution in [1.29, 1.82) is 0 Å². The molecule has 0 aliphatic rings. The molecule has 0 fully saturated rings. The number of aryl methyl sites for hydroxylation is 1. The summed E-state index contributed by atoms with van der Waals surface area (Å²) >= 11 is 12.0. The number of nitrogens with two attached hydrogens (primary N) is 2. The van der Waals surface area contributed by atoms with Gasteiger partial charge >= 0.3 is 0 Å². The molecule has 0 aliphatic carbocycles. The van der Waals surface area contributed by atoms with Crippen LogP contribution in [0.1, 0.15) is 5.56 Å². The molecule has 0 amide bonds. The van der Waals surface area contributed by atoms with Crippen LogP contribution in [0.25, 0.3) is 11.1 Å². The summed E-state index contributed by atoms with van der Waals surface area (Å²) in [6.07, 6.45) is 0. The summed E-state index contributed by atoms with van der Waals surface area (Å²) < 4.78 is 0. The van der Waals surface area contributed by atoms with Crippen LogP contribution in [0, 0.1) is 16.7 Å². The minimum absolute atomic E-state index is 0.299. The van der Waals surface area contributed by atoms with Crippen molar-refractivity contribution in [3.05, 3.63) is 80.0 Å². The second-order valence-corrected chi connectivity index (χ2v) is 6.44. The van der Waals surface area contributed by atoms with Crippen LogP contribution < -0.4 is 11.5 Å². The van der Waals surface area contributed by atoms with Gasteiger partial charge in [0, 0.05) is 0 Å². The van der Waals surface area contributed by atoms with E-state index >= 15 is 0 Å². The lowest BCUT2D eigenvalue weighted by Gasteiger charge is -2.10. The van der Waals surface area contributed by atoms with Gasteiger partial charge in [-0.1, -0.05) is 29.3 Å². The monoisotopic (exact) mass is 402 g/mol. The zero-order valence-corrected chi connectivity index (χ0v) is 15.8. The molecule has 3 rings (SSSR count). The van der Waals surface area contributed by atoms with E-state index in [1.807, 2.05) is 31.2 Å². The first kappa shape index (κ1) is 20.4. The van der Waals surface area contributed by atoms with Gasteiger partial charge in [-0.15, -0.1) is 9.81 Å². The minimum atomic E-state index is 0.299. The van der Waals surface area contributed by atoms with Crippen molar-refractivity contribution in [2.24, 2.45) is 10.4 Å². The first-order valence-electron chi connectivity index (χ1n) is 7.73. The molecule has 8 heteroatoms. The Kier molecular flexibility index (Phi) is 6.87. The molecule has 3 aromatic carbocycles. The Morgan fingerprint density at radius 2 is 1.26 bits per heavy atom. The molecule has 27 heavy (non-hydrogen) atoms. The zero-order chi connectivity index (χ0) is 20.0. The van der Waals surface area contributed by atoms with E-state index < -0.39 is 0 Å². The summed E-state index contributed by atoms with van der Waals surface area (Å²) in [4.78, 5) is 19.7. The summed E-state index contributed by atoms with van der Waals surface area (Å²) in [6.45, 7) is 1.98. The molecule has 0 aromatic heterocycles. The van der Waals surface area contributed by atoms with Crippen LogP contribution in [-0.2, 0) is 0 Å². The fourth-order valence-electron chi connectivity index (χ4n) is 2.28. The summed E-state index contributed by atoms with van der Waals surface area (Å²) in [5.74, 6) is 0. The van der Waals surface area contributed by atoms with E-state index in [2.05, 4.69) is 10.4 Å². The van der Waals surface area contributed by atoms with E-state index in [0.29, 0.717) is 32.8 Å². The fourth-order valence-corrected chi connectivity index (χ4v) is 2.63. The molecular formula is C19H16Cl2N4O2. The molecule has 0 spiro atoms. The highest BCUT2D eigenvalue weighted by Gasteiger charge is 2.07. The minimum Gasteiger partial charge on any atom is -0.398 e. The number of hydrogen-bond donors (Lipinski definition) is 2. The van der Waals surface area contributed by atoms with Gasteiger partial charge in [-0.2, -0.15) is 0 Å². The molecule has 0 atom stereocenters. The molecule has 0 radical (unpaired) electrons. The lowest BCUT2D eigenvalue weighted by molar-refractivity contribution is 1.45. The Morgan fingerprint density at radius 3 is 1.74 bits per heavy atom. The number of nitrogens with zero attached hydrogens (tertiary/aromatic N) is 2. The molecule has 6 nitrogen and oxygen atoms in total. The van der Waals surface area contributed by atoms with Gasteiger partial charge in [-0.25, -0.2) is 0 Å². The predicted molar refractivity (Wildman–Crippen MR) is 113 cm³/mol. The van der Waals surface area contributed by atoms with Crippen LogP contribution in [0.4, 0.5) is 22.7 Å². The summed E-state index contributed by atoms with van der Waals surface area (Å²) in [5, 5.41) is 6.38. The quantitative estimate of drug-likeness (QED) is 0.378. The molecule has 138 valence electrons. The number of nitroso groups, excluding NO2 is 2. The van der Waals surface area contributed by atoms with Crippen molar-refractivity contribution >= 4 is 46.0 Å². The van der Waals surface area contributed by atoms with Crippen molar-refractivity contribution in [2.75, 3.05) is 11.5 Å². The van der Waals surface area contributed by atoms with Crippen molar-refractivity contribution in [1.82, 2.24) is 0 Å². The van der Waals surface area contributed by atoms with Gasteiger partial charge in [0.15, 0.2) is 0 Å². The van der Waals surface area contributed by atoms with E-state index in [0.717, 1.165) is 16.7 Å². The largest absolute Gasteiger partial charge is 0.398 e. The van der Waals surface area contributed by atoms with Crippen LogP contribution in [0.3, 0.4) is 0 Å². The third-order valence-corrected chi connectivity index (χ3v) is 4.37. The van der Waals surface area contributed by atoms with Gasteiger partial charge in [0.2, 0.25) is 0 Å². The summed E-state index contributed by atoms with van der Waals surface area (Å²) in [5.41, 5.74) is 16.2. The second kappa shape index (κ2) is 9.12. The van der Waals surface area contributed by atoms with Crippen LogP contribution in [0.15, 0.2) is 65.0 Å². The number of anilines is 2. The molecule has 0 heterocycles. The summed E-state index contributed by atoms with van der Waals surface area (Å²) in [6, 6.07) is 14.9. The third kappa shape index (κ3) is 5.26. The van der Waals surface area contributed by atoms with E-state index in [1.165, 1.54) is 24.3 Å². The Balaban J connectivity index is 0.000000223. The molecule has 0 unspecified atom stereocenters. The number of benzene rings is 3. The van der Waals surface area contributed by atoms with Crippen molar-refractivity contribution in [3.63, 3.8) is 0 Å². The lowest BCUT2D eigenvalue weighted by Crippen LogP contribution is -1.92. The van der Waals surface area contributed by atoms with Gasteiger partial charge < -0.3 is 11.5 Å². The molecule has 0 aliphatic heterocycles. The average Bonchev–Trinajstić information content (AvgIpc) is 2.67.